The number of imidazole rings is 1. The first kappa shape index (κ1) is 16.2. The lowest BCUT2D eigenvalue weighted by Crippen LogP contribution is -2.34. The highest BCUT2D eigenvalue weighted by Gasteiger charge is 2.19. The van der Waals surface area contributed by atoms with Gasteiger partial charge in [0.1, 0.15) is 17.5 Å². The molecule has 2 aromatic carbocycles. The molecule has 0 unspecified atom stereocenters. The number of aryl methyl sites for hydroxylation is 1. The van der Waals surface area contributed by atoms with E-state index in [1.807, 2.05) is 6.07 Å². The second-order valence-corrected chi connectivity index (χ2v) is 6.64. The molecule has 0 bridgehead atoms. The lowest BCUT2D eigenvalue weighted by molar-refractivity contribution is 0.215. The summed E-state index contributed by atoms with van der Waals surface area (Å²) in [4.78, 5) is 7.14. The maximum absolute atomic E-state index is 13.6. The minimum atomic E-state index is -0.516. The smallest absolute Gasteiger partial charge is 0.129 e. The van der Waals surface area contributed by atoms with E-state index in [9.17, 15) is 8.78 Å². The third-order valence-corrected chi connectivity index (χ3v) is 4.92. The largest absolute Gasteiger partial charge is 0.326 e. The van der Waals surface area contributed by atoms with E-state index in [2.05, 4.69) is 27.7 Å². The van der Waals surface area contributed by atoms with Crippen molar-refractivity contribution in [3.8, 4) is 0 Å². The molecule has 0 radical (unpaired) electrons. The number of rotatable bonds is 5. The Hall–Kier alpha value is -2.27. The summed E-state index contributed by atoms with van der Waals surface area (Å²) in [6, 6.07) is 12.1. The maximum atomic E-state index is 13.6. The van der Waals surface area contributed by atoms with Gasteiger partial charge >= 0.3 is 0 Å². The lowest BCUT2D eigenvalue weighted by atomic mass is 10.1. The van der Waals surface area contributed by atoms with Crippen LogP contribution in [0.15, 0.2) is 42.5 Å². The molecule has 0 fully saturated rings. The van der Waals surface area contributed by atoms with E-state index in [0.29, 0.717) is 12.0 Å². The molecule has 2 heterocycles. The van der Waals surface area contributed by atoms with Gasteiger partial charge in [-0.25, -0.2) is 13.8 Å². The summed E-state index contributed by atoms with van der Waals surface area (Å²) in [6.07, 6.45) is 2.55. The summed E-state index contributed by atoms with van der Waals surface area (Å²) < 4.78 is 28.9. The summed E-state index contributed by atoms with van der Waals surface area (Å²) in [5, 5.41) is 0. The van der Waals surface area contributed by atoms with Gasteiger partial charge in [-0.05, 0) is 49.6 Å². The van der Waals surface area contributed by atoms with Crippen LogP contribution in [0.3, 0.4) is 0 Å². The Balaban J connectivity index is 1.31. The summed E-state index contributed by atoms with van der Waals surface area (Å²) in [7, 11) is 0. The van der Waals surface area contributed by atoms with Crippen LogP contribution in [0.2, 0.25) is 0 Å². The van der Waals surface area contributed by atoms with Gasteiger partial charge in [-0.1, -0.05) is 18.2 Å². The first-order valence-electron chi connectivity index (χ1n) is 8.81. The van der Waals surface area contributed by atoms with Gasteiger partial charge in [0.2, 0.25) is 0 Å². The molecule has 4 rings (SSSR count). The molecule has 5 heteroatoms. The SMILES string of the molecule is Fc1ccc(CCCCN2CCn3c(nc4ccccc43)C2)c(F)c1. The molecule has 3 aromatic rings. The molecule has 1 aromatic heterocycles. The Labute approximate surface area is 145 Å². The minimum Gasteiger partial charge on any atom is -0.326 e. The fraction of sp³-hybridized carbons (Fsp3) is 0.350. The molecule has 1 aliphatic rings. The predicted octanol–water partition coefficient (Wildman–Crippen LogP) is 4.15. The first-order chi connectivity index (χ1) is 12.2. The van der Waals surface area contributed by atoms with Crippen LogP contribution in [0.25, 0.3) is 11.0 Å². The number of halogens is 2. The van der Waals surface area contributed by atoms with Gasteiger partial charge < -0.3 is 4.57 Å². The standard InChI is InChI=1S/C20H21F2N3/c21-16-9-8-15(17(22)13-16)5-3-4-10-24-11-12-25-19-7-2-1-6-18(19)23-20(25)14-24/h1-2,6-9,13H,3-5,10-12,14H2. The molecule has 25 heavy (non-hydrogen) atoms. The molecule has 0 saturated carbocycles. The third kappa shape index (κ3) is 3.42. The highest BCUT2D eigenvalue weighted by molar-refractivity contribution is 5.75. The van der Waals surface area contributed by atoms with Crippen molar-refractivity contribution in [1.82, 2.24) is 14.5 Å². The molecule has 1 aliphatic heterocycles. The Kier molecular flexibility index (Phi) is 4.49. The zero-order valence-electron chi connectivity index (χ0n) is 14.1. The van der Waals surface area contributed by atoms with Gasteiger partial charge in [0.15, 0.2) is 0 Å². The van der Waals surface area contributed by atoms with Crippen LogP contribution in [0.4, 0.5) is 8.78 Å². The van der Waals surface area contributed by atoms with Gasteiger partial charge in [0.05, 0.1) is 17.6 Å². The lowest BCUT2D eigenvalue weighted by Gasteiger charge is -2.27. The number of para-hydroxylation sites is 2. The highest BCUT2D eigenvalue weighted by Crippen LogP contribution is 2.21. The number of unbranched alkanes of at least 4 members (excludes halogenated alkanes) is 1. The summed E-state index contributed by atoms with van der Waals surface area (Å²) in [5.74, 6) is 0.168. The number of aromatic nitrogens is 2. The molecule has 0 spiro atoms. The second kappa shape index (κ2) is 6.92. The zero-order chi connectivity index (χ0) is 17.2. The van der Waals surface area contributed by atoms with E-state index < -0.39 is 11.6 Å². The quantitative estimate of drug-likeness (QED) is 0.650. The van der Waals surface area contributed by atoms with Crippen molar-refractivity contribution in [3.05, 3.63) is 65.5 Å². The van der Waals surface area contributed by atoms with Gasteiger partial charge in [0, 0.05) is 19.2 Å². The normalized spacial score (nSPS) is 14.8. The number of hydrogen-bond acceptors (Lipinski definition) is 2. The average Bonchev–Trinajstić information content (AvgIpc) is 2.98. The summed E-state index contributed by atoms with van der Waals surface area (Å²) >= 11 is 0. The van der Waals surface area contributed by atoms with E-state index in [0.717, 1.165) is 56.4 Å². The molecule has 0 amide bonds. The molecule has 0 aliphatic carbocycles. The van der Waals surface area contributed by atoms with Crippen molar-refractivity contribution in [1.29, 1.82) is 0 Å². The number of hydrogen-bond donors (Lipinski definition) is 0. The summed E-state index contributed by atoms with van der Waals surface area (Å²) in [6.45, 7) is 3.81. The van der Waals surface area contributed by atoms with Crippen molar-refractivity contribution < 1.29 is 8.78 Å². The van der Waals surface area contributed by atoms with E-state index in [-0.39, 0.29) is 0 Å². The van der Waals surface area contributed by atoms with Crippen molar-refractivity contribution in [3.63, 3.8) is 0 Å². The fourth-order valence-corrected chi connectivity index (χ4v) is 3.58. The van der Waals surface area contributed by atoms with Crippen LogP contribution >= 0.6 is 0 Å². The third-order valence-electron chi connectivity index (χ3n) is 4.92. The van der Waals surface area contributed by atoms with E-state index >= 15 is 0 Å². The topological polar surface area (TPSA) is 21.1 Å². The first-order valence-corrected chi connectivity index (χ1v) is 8.81. The predicted molar refractivity (Wildman–Crippen MR) is 94.3 cm³/mol. The Morgan fingerprint density at radius 2 is 1.88 bits per heavy atom. The van der Waals surface area contributed by atoms with Gasteiger partial charge in [-0.15, -0.1) is 0 Å². The van der Waals surface area contributed by atoms with Crippen LogP contribution in [0.5, 0.6) is 0 Å². The van der Waals surface area contributed by atoms with Crippen LogP contribution < -0.4 is 0 Å². The van der Waals surface area contributed by atoms with Crippen molar-refractivity contribution in [2.24, 2.45) is 0 Å². The van der Waals surface area contributed by atoms with Crippen molar-refractivity contribution >= 4 is 11.0 Å². The monoisotopic (exact) mass is 341 g/mol. The maximum Gasteiger partial charge on any atom is 0.129 e. The Morgan fingerprint density at radius 3 is 2.76 bits per heavy atom. The van der Waals surface area contributed by atoms with Crippen molar-refractivity contribution in [2.45, 2.75) is 32.4 Å². The molecule has 0 N–H and O–H groups in total. The van der Waals surface area contributed by atoms with Crippen LogP contribution in [-0.4, -0.2) is 27.5 Å². The minimum absolute atomic E-state index is 0.438. The van der Waals surface area contributed by atoms with E-state index in [4.69, 9.17) is 4.98 Å². The Morgan fingerprint density at radius 1 is 1.00 bits per heavy atom. The second-order valence-electron chi connectivity index (χ2n) is 6.64. The molecule has 0 atom stereocenters. The van der Waals surface area contributed by atoms with Crippen molar-refractivity contribution in [2.75, 3.05) is 13.1 Å². The zero-order valence-corrected chi connectivity index (χ0v) is 14.1. The number of nitrogens with zero attached hydrogens (tertiary/aromatic N) is 3. The number of fused-ring (bicyclic) bond motifs is 3. The average molecular weight is 341 g/mol. The fourth-order valence-electron chi connectivity index (χ4n) is 3.58. The molecule has 130 valence electrons. The summed E-state index contributed by atoms with van der Waals surface area (Å²) in [5.41, 5.74) is 2.87. The highest BCUT2D eigenvalue weighted by atomic mass is 19.1. The Bertz CT molecular complexity index is 888. The van der Waals surface area contributed by atoms with Crippen LogP contribution in [-0.2, 0) is 19.5 Å². The molecular weight excluding hydrogens is 320 g/mol. The molecular formula is C20H21F2N3. The van der Waals surface area contributed by atoms with Crippen LogP contribution in [0.1, 0.15) is 24.2 Å². The van der Waals surface area contributed by atoms with E-state index in [1.54, 1.807) is 6.07 Å². The molecule has 0 saturated heterocycles. The van der Waals surface area contributed by atoms with Crippen LogP contribution in [0, 0.1) is 11.6 Å². The van der Waals surface area contributed by atoms with Gasteiger partial charge in [0.25, 0.3) is 0 Å². The van der Waals surface area contributed by atoms with Gasteiger partial charge in [-0.3, -0.25) is 4.90 Å². The van der Waals surface area contributed by atoms with Gasteiger partial charge in [-0.2, -0.15) is 0 Å². The molecule has 3 nitrogen and oxygen atoms in total. The number of benzene rings is 2. The van der Waals surface area contributed by atoms with E-state index in [1.165, 1.54) is 11.6 Å².